The van der Waals surface area contributed by atoms with Crippen LogP contribution in [0.1, 0.15) is 16.9 Å². The van der Waals surface area contributed by atoms with Gasteiger partial charge in [-0.2, -0.15) is 0 Å². The molecule has 3 aliphatic rings. The Morgan fingerprint density at radius 1 is 1.04 bits per heavy atom. The SMILES string of the molecule is c1cc2c(c(N3CCN(CC4CCc5sccc5C4)CC3)c1)OCCO2. The fraction of sp³-hybridized carbons (Fsp3) is 0.524. The van der Waals surface area contributed by atoms with Crippen LogP contribution in [0.2, 0.25) is 0 Å². The van der Waals surface area contributed by atoms with Gasteiger partial charge >= 0.3 is 0 Å². The maximum atomic E-state index is 5.90. The summed E-state index contributed by atoms with van der Waals surface area (Å²) in [5, 5.41) is 2.26. The number of thiophene rings is 1. The first-order chi connectivity index (χ1) is 12.9. The Balaban J connectivity index is 1.20. The average molecular weight is 371 g/mol. The second-order valence-electron chi connectivity index (χ2n) is 7.57. The van der Waals surface area contributed by atoms with Crippen molar-refractivity contribution >= 4 is 17.0 Å². The van der Waals surface area contributed by atoms with Crippen LogP contribution in [0, 0.1) is 5.92 Å². The largest absolute Gasteiger partial charge is 0.486 e. The minimum atomic E-state index is 0.649. The van der Waals surface area contributed by atoms with Crippen molar-refractivity contribution in [3.05, 3.63) is 40.1 Å². The van der Waals surface area contributed by atoms with E-state index in [1.165, 1.54) is 31.5 Å². The average Bonchev–Trinajstić information content (AvgIpc) is 3.16. The van der Waals surface area contributed by atoms with Crippen molar-refractivity contribution in [2.24, 2.45) is 5.92 Å². The van der Waals surface area contributed by atoms with Crippen LogP contribution < -0.4 is 14.4 Å². The third-order valence-corrected chi connectivity index (χ3v) is 6.92. The van der Waals surface area contributed by atoms with Crippen LogP contribution in [-0.2, 0) is 12.8 Å². The van der Waals surface area contributed by atoms with Gasteiger partial charge in [-0.05, 0) is 54.3 Å². The number of anilines is 1. The maximum absolute atomic E-state index is 5.90. The Morgan fingerprint density at radius 2 is 1.92 bits per heavy atom. The molecular formula is C21H26N2O2S. The lowest BCUT2D eigenvalue weighted by Crippen LogP contribution is -2.48. The number of hydrogen-bond donors (Lipinski definition) is 0. The van der Waals surface area contributed by atoms with Crippen LogP contribution >= 0.6 is 11.3 Å². The second-order valence-corrected chi connectivity index (χ2v) is 8.57. The topological polar surface area (TPSA) is 24.9 Å². The summed E-state index contributed by atoms with van der Waals surface area (Å²) in [6, 6.07) is 8.60. The van der Waals surface area contributed by atoms with Crippen molar-refractivity contribution in [3.63, 3.8) is 0 Å². The Bertz CT molecular complexity index is 767. The van der Waals surface area contributed by atoms with Crippen LogP contribution in [0.5, 0.6) is 11.5 Å². The Hall–Kier alpha value is -1.72. The second kappa shape index (κ2) is 7.12. The molecule has 0 saturated carbocycles. The molecule has 5 heteroatoms. The van der Waals surface area contributed by atoms with Crippen molar-refractivity contribution in [3.8, 4) is 11.5 Å². The molecule has 0 spiro atoms. The summed E-state index contributed by atoms with van der Waals surface area (Å²) in [6.07, 6.45) is 3.91. The van der Waals surface area contributed by atoms with E-state index in [0.717, 1.165) is 43.6 Å². The summed E-state index contributed by atoms with van der Waals surface area (Å²) >= 11 is 1.94. The van der Waals surface area contributed by atoms with Crippen molar-refractivity contribution in [2.75, 3.05) is 50.8 Å². The molecule has 3 heterocycles. The minimum absolute atomic E-state index is 0.649. The van der Waals surface area contributed by atoms with Gasteiger partial charge in [-0.3, -0.25) is 4.90 Å². The predicted molar refractivity (Wildman–Crippen MR) is 106 cm³/mol. The van der Waals surface area contributed by atoms with E-state index in [0.29, 0.717) is 13.2 Å². The molecular weight excluding hydrogens is 344 g/mol. The molecule has 1 atom stereocenters. The number of ether oxygens (including phenoxy) is 2. The Labute approximate surface area is 159 Å². The standard InChI is InChI=1S/C21H26N2O2S/c1-2-18(21-19(3-1)24-11-12-25-21)23-9-7-22(8-10-23)15-16-4-5-20-17(14-16)6-13-26-20/h1-3,6,13,16H,4-5,7-12,14-15H2. The molecule has 138 valence electrons. The van der Waals surface area contributed by atoms with Gasteiger partial charge in [-0.1, -0.05) is 6.07 Å². The van der Waals surface area contributed by atoms with E-state index in [2.05, 4.69) is 33.4 Å². The highest BCUT2D eigenvalue weighted by Gasteiger charge is 2.26. The number of piperazine rings is 1. The molecule has 1 aromatic carbocycles. The molecule has 26 heavy (non-hydrogen) atoms. The van der Waals surface area contributed by atoms with E-state index in [9.17, 15) is 0 Å². The van der Waals surface area contributed by atoms with Gasteiger partial charge in [0.25, 0.3) is 0 Å². The Morgan fingerprint density at radius 3 is 2.85 bits per heavy atom. The summed E-state index contributed by atoms with van der Waals surface area (Å²) in [5.41, 5.74) is 2.81. The number of rotatable bonds is 3. The molecule has 0 radical (unpaired) electrons. The molecule has 0 bridgehead atoms. The molecule has 1 unspecified atom stereocenters. The first-order valence-electron chi connectivity index (χ1n) is 9.78. The monoisotopic (exact) mass is 370 g/mol. The maximum Gasteiger partial charge on any atom is 0.184 e. The summed E-state index contributed by atoms with van der Waals surface area (Å²) in [4.78, 5) is 6.75. The van der Waals surface area contributed by atoms with Gasteiger partial charge in [-0.25, -0.2) is 0 Å². The molecule has 2 aliphatic heterocycles. The van der Waals surface area contributed by atoms with Gasteiger partial charge in [0.1, 0.15) is 13.2 Å². The van der Waals surface area contributed by atoms with E-state index in [1.807, 2.05) is 17.4 Å². The van der Waals surface area contributed by atoms with Gasteiger partial charge in [-0.15, -0.1) is 11.3 Å². The fourth-order valence-electron chi connectivity index (χ4n) is 4.52. The van der Waals surface area contributed by atoms with Gasteiger partial charge in [0.2, 0.25) is 0 Å². The lowest BCUT2D eigenvalue weighted by Gasteiger charge is -2.39. The molecule has 4 nitrogen and oxygen atoms in total. The quantitative estimate of drug-likeness (QED) is 0.826. The van der Waals surface area contributed by atoms with Crippen LogP contribution in [0.3, 0.4) is 0 Å². The van der Waals surface area contributed by atoms with Crippen molar-refractivity contribution < 1.29 is 9.47 Å². The van der Waals surface area contributed by atoms with Gasteiger partial charge in [0, 0.05) is 37.6 Å². The number of aryl methyl sites for hydroxylation is 1. The highest BCUT2D eigenvalue weighted by Crippen LogP contribution is 2.40. The van der Waals surface area contributed by atoms with Gasteiger partial charge < -0.3 is 14.4 Å². The molecule has 1 fully saturated rings. The molecule has 0 N–H and O–H groups in total. The molecule has 1 aliphatic carbocycles. The van der Waals surface area contributed by atoms with Crippen LogP contribution in [-0.4, -0.2) is 50.8 Å². The van der Waals surface area contributed by atoms with Crippen molar-refractivity contribution in [1.82, 2.24) is 4.90 Å². The van der Waals surface area contributed by atoms with Crippen molar-refractivity contribution in [1.29, 1.82) is 0 Å². The summed E-state index contributed by atoms with van der Waals surface area (Å²) in [5.74, 6) is 2.65. The van der Waals surface area contributed by atoms with E-state index < -0.39 is 0 Å². The molecule has 5 rings (SSSR count). The molecule has 1 aromatic heterocycles. The van der Waals surface area contributed by atoms with Crippen LogP contribution in [0.25, 0.3) is 0 Å². The zero-order chi connectivity index (χ0) is 17.3. The zero-order valence-electron chi connectivity index (χ0n) is 15.2. The zero-order valence-corrected chi connectivity index (χ0v) is 16.0. The number of para-hydroxylation sites is 1. The predicted octanol–water partition coefficient (Wildman–Crippen LogP) is 3.45. The molecule has 0 amide bonds. The van der Waals surface area contributed by atoms with Crippen LogP contribution in [0.15, 0.2) is 29.6 Å². The van der Waals surface area contributed by atoms with Crippen molar-refractivity contribution in [2.45, 2.75) is 19.3 Å². The highest BCUT2D eigenvalue weighted by atomic mass is 32.1. The lowest BCUT2D eigenvalue weighted by molar-refractivity contribution is 0.170. The third kappa shape index (κ3) is 3.19. The first-order valence-corrected chi connectivity index (χ1v) is 10.7. The smallest absolute Gasteiger partial charge is 0.184 e. The van der Waals surface area contributed by atoms with Gasteiger partial charge in [0.05, 0.1) is 5.69 Å². The summed E-state index contributed by atoms with van der Waals surface area (Å²) < 4.78 is 11.6. The number of benzene rings is 1. The number of fused-ring (bicyclic) bond motifs is 2. The third-order valence-electron chi connectivity index (χ3n) is 5.90. The molecule has 1 saturated heterocycles. The van der Waals surface area contributed by atoms with Gasteiger partial charge in [0.15, 0.2) is 11.5 Å². The first kappa shape index (κ1) is 16.5. The summed E-state index contributed by atoms with van der Waals surface area (Å²) in [7, 11) is 0. The Kier molecular flexibility index (Phi) is 4.51. The number of hydrogen-bond acceptors (Lipinski definition) is 5. The highest BCUT2D eigenvalue weighted by molar-refractivity contribution is 7.10. The van der Waals surface area contributed by atoms with E-state index >= 15 is 0 Å². The summed E-state index contributed by atoms with van der Waals surface area (Å²) in [6.45, 7) is 6.95. The van der Waals surface area contributed by atoms with Crippen LogP contribution in [0.4, 0.5) is 5.69 Å². The minimum Gasteiger partial charge on any atom is -0.486 e. The van der Waals surface area contributed by atoms with E-state index in [-0.39, 0.29) is 0 Å². The fourth-order valence-corrected chi connectivity index (χ4v) is 5.45. The lowest BCUT2D eigenvalue weighted by atomic mass is 9.88. The van der Waals surface area contributed by atoms with E-state index in [1.54, 1.807) is 10.4 Å². The normalized spacial score (nSPS) is 22.9. The number of nitrogens with zero attached hydrogens (tertiary/aromatic N) is 2. The van der Waals surface area contributed by atoms with E-state index in [4.69, 9.17) is 9.47 Å². The molecule has 2 aromatic rings.